The van der Waals surface area contributed by atoms with E-state index in [0.29, 0.717) is 11.4 Å². The van der Waals surface area contributed by atoms with Crippen molar-refractivity contribution in [3.63, 3.8) is 0 Å². The number of hydrogen-bond donors (Lipinski definition) is 1. The lowest BCUT2D eigenvalue weighted by Crippen LogP contribution is -2.33. The smallest absolute Gasteiger partial charge is 0.339 e. The Morgan fingerprint density at radius 1 is 0.750 bits per heavy atom. The van der Waals surface area contributed by atoms with E-state index in [0.717, 1.165) is 9.80 Å². The summed E-state index contributed by atoms with van der Waals surface area (Å²) in [6.45, 7) is 0.766. The summed E-state index contributed by atoms with van der Waals surface area (Å²) in [7, 11) is 0. The van der Waals surface area contributed by atoms with Crippen LogP contribution in [0.5, 0.6) is 0 Å². The van der Waals surface area contributed by atoms with Gasteiger partial charge in [0, 0.05) is 12.6 Å². The van der Waals surface area contributed by atoms with Crippen molar-refractivity contribution in [3.8, 4) is 0 Å². The highest BCUT2D eigenvalue weighted by molar-refractivity contribution is 6.34. The number of nitrogens with one attached hydrogen (secondary N) is 1. The van der Waals surface area contributed by atoms with Crippen LogP contribution in [0.15, 0.2) is 66.7 Å². The van der Waals surface area contributed by atoms with Gasteiger partial charge in [-0.3, -0.25) is 24.0 Å². The van der Waals surface area contributed by atoms with Crippen LogP contribution in [0.4, 0.5) is 11.4 Å². The summed E-state index contributed by atoms with van der Waals surface area (Å²) in [5.41, 5.74) is 1.37. The monoisotopic (exact) mass is 483 g/mol. The molecule has 178 valence electrons. The molecule has 0 aromatic heterocycles. The van der Waals surface area contributed by atoms with Crippen LogP contribution < -0.4 is 10.2 Å². The minimum Gasteiger partial charge on any atom is -0.440 e. The van der Waals surface area contributed by atoms with Crippen molar-refractivity contribution in [2.45, 2.75) is 6.92 Å². The van der Waals surface area contributed by atoms with Crippen LogP contribution in [-0.4, -0.2) is 47.1 Å². The van der Waals surface area contributed by atoms with Crippen molar-refractivity contribution >= 4 is 46.9 Å². The number of imide groups is 2. The molecule has 3 aromatic carbocycles. The molecule has 0 bridgehead atoms. The molecule has 2 aliphatic rings. The first-order valence-corrected chi connectivity index (χ1v) is 10.8. The summed E-state index contributed by atoms with van der Waals surface area (Å²) >= 11 is 0. The van der Waals surface area contributed by atoms with E-state index in [2.05, 4.69) is 5.32 Å². The zero-order valence-electron chi connectivity index (χ0n) is 18.8. The van der Waals surface area contributed by atoms with Gasteiger partial charge < -0.3 is 10.1 Å². The van der Waals surface area contributed by atoms with Gasteiger partial charge >= 0.3 is 5.97 Å². The van der Waals surface area contributed by atoms with Crippen molar-refractivity contribution in [1.82, 2.24) is 4.90 Å². The van der Waals surface area contributed by atoms with Gasteiger partial charge in [0.05, 0.1) is 33.5 Å². The van der Waals surface area contributed by atoms with Crippen LogP contribution in [0.1, 0.15) is 58.7 Å². The molecule has 5 amide bonds. The molecule has 0 atom stereocenters. The van der Waals surface area contributed by atoms with E-state index in [1.54, 1.807) is 24.3 Å². The molecule has 0 fully saturated rings. The second kappa shape index (κ2) is 8.58. The third kappa shape index (κ3) is 3.70. The highest BCUT2D eigenvalue weighted by Gasteiger charge is 2.38. The Balaban J connectivity index is 1.31. The van der Waals surface area contributed by atoms with E-state index < -0.39 is 36.3 Å². The Morgan fingerprint density at radius 2 is 1.33 bits per heavy atom. The number of anilines is 2. The van der Waals surface area contributed by atoms with Crippen molar-refractivity contribution in [2.24, 2.45) is 0 Å². The highest BCUT2D eigenvalue weighted by atomic mass is 16.5. The number of rotatable bonds is 5. The van der Waals surface area contributed by atoms with Gasteiger partial charge in [-0.1, -0.05) is 12.1 Å². The quantitative estimate of drug-likeness (QED) is 0.436. The Morgan fingerprint density at radius 3 is 1.94 bits per heavy atom. The molecule has 10 nitrogen and oxygen atoms in total. The molecule has 2 aliphatic heterocycles. The molecule has 3 aromatic rings. The van der Waals surface area contributed by atoms with Gasteiger partial charge in [0.1, 0.15) is 0 Å². The molecule has 0 radical (unpaired) electrons. The molecule has 0 saturated carbocycles. The standard InChI is InChI=1S/C26H17N3O7/c1-14(30)27-16-7-9-17(10-8-16)29-24(33)20-11-6-15(12-21(20)25(29)34)26(35)36-13-28-22(31)18-4-2-3-5-19(18)23(28)32/h2-12H,13H2,1H3,(H,27,30). The van der Waals surface area contributed by atoms with E-state index in [1.165, 1.54) is 49.4 Å². The van der Waals surface area contributed by atoms with Crippen molar-refractivity contribution < 1.29 is 33.5 Å². The van der Waals surface area contributed by atoms with Crippen molar-refractivity contribution in [3.05, 3.63) is 94.5 Å². The largest absolute Gasteiger partial charge is 0.440 e. The van der Waals surface area contributed by atoms with E-state index in [9.17, 15) is 28.8 Å². The summed E-state index contributed by atoms with van der Waals surface area (Å²) in [5.74, 6) is -3.46. The van der Waals surface area contributed by atoms with Crippen molar-refractivity contribution in [1.29, 1.82) is 0 Å². The Labute approximate surface area is 204 Å². The number of esters is 1. The van der Waals surface area contributed by atoms with Gasteiger partial charge in [-0.05, 0) is 54.6 Å². The maximum atomic E-state index is 13.0. The van der Waals surface area contributed by atoms with E-state index in [-0.39, 0.29) is 33.7 Å². The third-order valence-corrected chi connectivity index (χ3v) is 5.77. The molecule has 0 unspecified atom stereocenters. The molecule has 5 rings (SSSR count). The SMILES string of the molecule is CC(=O)Nc1ccc(N2C(=O)c3ccc(C(=O)OCN4C(=O)c5ccccc5C4=O)cc3C2=O)cc1. The molecule has 0 aliphatic carbocycles. The second-order valence-corrected chi connectivity index (χ2v) is 8.08. The predicted octanol–water partition coefficient (Wildman–Crippen LogP) is 2.86. The molecule has 2 heterocycles. The van der Waals surface area contributed by atoms with Crippen molar-refractivity contribution in [2.75, 3.05) is 16.9 Å². The lowest BCUT2D eigenvalue weighted by Gasteiger charge is -2.14. The molecule has 1 N–H and O–H groups in total. The minimum atomic E-state index is -0.868. The Kier molecular flexibility index (Phi) is 5.40. The molecule has 36 heavy (non-hydrogen) atoms. The molecule has 0 spiro atoms. The maximum absolute atomic E-state index is 13.0. The summed E-state index contributed by atoms with van der Waals surface area (Å²) in [4.78, 5) is 76.4. The molecular formula is C26H17N3O7. The number of carbonyl (C=O) groups excluding carboxylic acids is 6. The number of ether oxygens (including phenoxy) is 1. The lowest BCUT2D eigenvalue weighted by atomic mass is 10.1. The zero-order valence-corrected chi connectivity index (χ0v) is 18.8. The number of benzene rings is 3. The van der Waals surface area contributed by atoms with Gasteiger partial charge in [-0.2, -0.15) is 0 Å². The first kappa shape index (κ1) is 22.7. The maximum Gasteiger partial charge on any atom is 0.339 e. The first-order chi connectivity index (χ1) is 17.3. The van der Waals surface area contributed by atoms with Gasteiger partial charge in [0.25, 0.3) is 23.6 Å². The topological polar surface area (TPSA) is 130 Å². The predicted molar refractivity (Wildman–Crippen MR) is 126 cm³/mol. The van der Waals surface area contributed by atoms with Crippen LogP contribution in [0, 0.1) is 0 Å². The van der Waals surface area contributed by atoms with Gasteiger partial charge in [0.2, 0.25) is 5.91 Å². The van der Waals surface area contributed by atoms with E-state index >= 15 is 0 Å². The Hall–Kier alpha value is -5.12. The number of carbonyl (C=O) groups is 6. The fourth-order valence-corrected chi connectivity index (χ4v) is 4.06. The third-order valence-electron chi connectivity index (χ3n) is 5.77. The van der Waals surface area contributed by atoms with Gasteiger partial charge in [0.15, 0.2) is 6.73 Å². The highest BCUT2D eigenvalue weighted by Crippen LogP contribution is 2.30. The van der Waals surface area contributed by atoms with Gasteiger partial charge in [-0.15, -0.1) is 0 Å². The molecule has 10 heteroatoms. The zero-order chi connectivity index (χ0) is 25.6. The average Bonchev–Trinajstić information content (AvgIpc) is 3.27. The first-order valence-electron chi connectivity index (χ1n) is 10.8. The average molecular weight is 483 g/mol. The van der Waals surface area contributed by atoms with Crippen LogP contribution >= 0.6 is 0 Å². The van der Waals surface area contributed by atoms with Crippen LogP contribution in [0.2, 0.25) is 0 Å². The summed E-state index contributed by atoms with van der Waals surface area (Å²) < 4.78 is 5.16. The molecule has 0 saturated heterocycles. The number of hydrogen-bond acceptors (Lipinski definition) is 7. The molecular weight excluding hydrogens is 466 g/mol. The number of fused-ring (bicyclic) bond motifs is 2. The van der Waals surface area contributed by atoms with Crippen LogP contribution in [0.25, 0.3) is 0 Å². The number of nitrogens with zero attached hydrogens (tertiary/aromatic N) is 2. The summed E-state index contributed by atoms with van der Waals surface area (Å²) in [6.07, 6.45) is 0. The normalized spacial score (nSPS) is 14.1. The minimum absolute atomic E-state index is 0.0149. The van der Waals surface area contributed by atoms with E-state index in [4.69, 9.17) is 4.74 Å². The summed E-state index contributed by atoms with van der Waals surface area (Å²) in [5, 5.41) is 2.60. The van der Waals surface area contributed by atoms with Gasteiger partial charge in [-0.25, -0.2) is 14.6 Å². The summed E-state index contributed by atoms with van der Waals surface area (Å²) in [6, 6.07) is 16.4. The fraction of sp³-hybridized carbons (Fsp3) is 0.0769. The Bertz CT molecular complexity index is 1460. The second-order valence-electron chi connectivity index (χ2n) is 8.08. The van der Waals surface area contributed by atoms with E-state index in [1.807, 2.05) is 0 Å². The fourth-order valence-electron chi connectivity index (χ4n) is 4.06. The van der Waals surface area contributed by atoms with Crippen LogP contribution in [0.3, 0.4) is 0 Å². The lowest BCUT2D eigenvalue weighted by molar-refractivity contribution is -0.114. The van der Waals surface area contributed by atoms with Crippen LogP contribution in [-0.2, 0) is 9.53 Å². The number of amides is 5.